The van der Waals surface area contributed by atoms with E-state index in [4.69, 9.17) is 9.72 Å². The van der Waals surface area contributed by atoms with Gasteiger partial charge in [-0.3, -0.25) is 9.59 Å². The Bertz CT molecular complexity index is 767. The van der Waals surface area contributed by atoms with Crippen LogP contribution in [0.25, 0.3) is 10.2 Å². The molecule has 0 saturated carbocycles. The van der Waals surface area contributed by atoms with Gasteiger partial charge >= 0.3 is 0 Å². The zero-order valence-corrected chi connectivity index (χ0v) is 15.5. The van der Waals surface area contributed by atoms with Gasteiger partial charge in [0.25, 0.3) is 0 Å². The number of carbonyl (C=O) groups excluding carboxylic acids is 2. The maximum atomic E-state index is 12.7. The topological polar surface area (TPSA) is 62.7 Å². The van der Waals surface area contributed by atoms with Gasteiger partial charge in [-0.05, 0) is 25.0 Å². The van der Waals surface area contributed by atoms with E-state index in [0.717, 1.165) is 34.6 Å². The van der Waals surface area contributed by atoms with Gasteiger partial charge in [0.2, 0.25) is 11.8 Å². The van der Waals surface area contributed by atoms with Crippen molar-refractivity contribution in [2.24, 2.45) is 0 Å². The molecule has 1 atom stereocenters. The van der Waals surface area contributed by atoms with E-state index < -0.39 is 0 Å². The molecule has 0 N–H and O–H groups in total. The second-order valence-corrected chi connectivity index (χ2v) is 7.82. The minimum absolute atomic E-state index is 0.0531. The van der Waals surface area contributed by atoms with Gasteiger partial charge in [0.15, 0.2) is 0 Å². The molecule has 0 unspecified atom stereocenters. The zero-order valence-electron chi connectivity index (χ0n) is 14.7. The second-order valence-electron chi connectivity index (χ2n) is 6.76. The zero-order chi connectivity index (χ0) is 17.9. The molecule has 2 aromatic rings. The molecule has 0 aliphatic carbocycles. The summed E-state index contributed by atoms with van der Waals surface area (Å²) in [6.45, 7) is 3.19. The number of ether oxygens (including phenoxy) is 1. The number of aromatic nitrogens is 1. The van der Waals surface area contributed by atoms with E-state index in [2.05, 4.69) is 6.07 Å². The Kier molecular flexibility index (Phi) is 5.17. The van der Waals surface area contributed by atoms with Crippen LogP contribution in [0.1, 0.15) is 36.7 Å². The van der Waals surface area contributed by atoms with E-state index in [1.807, 2.05) is 23.1 Å². The predicted molar refractivity (Wildman–Crippen MR) is 99.9 cm³/mol. The highest BCUT2D eigenvalue weighted by atomic mass is 32.1. The summed E-state index contributed by atoms with van der Waals surface area (Å²) in [6.07, 6.45) is 2.49. The first kappa shape index (κ1) is 17.4. The number of rotatable bonds is 4. The lowest BCUT2D eigenvalue weighted by molar-refractivity contribution is -0.139. The molecule has 2 saturated heterocycles. The third-order valence-electron chi connectivity index (χ3n) is 5.09. The first-order chi connectivity index (χ1) is 12.7. The summed E-state index contributed by atoms with van der Waals surface area (Å²) in [7, 11) is 0. The largest absolute Gasteiger partial charge is 0.378 e. The van der Waals surface area contributed by atoms with Crippen LogP contribution >= 0.6 is 11.3 Å². The third-order valence-corrected chi connectivity index (χ3v) is 6.22. The van der Waals surface area contributed by atoms with Gasteiger partial charge in [-0.2, -0.15) is 0 Å². The summed E-state index contributed by atoms with van der Waals surface area (Å²) in [5.74, 6) is 0.116. The fraction of sp³-hybridized carbons (Fsp3) is 0.526. The van der Waals surface area contributed by atoms with E-state index in [9.17, 15) is 9.59 Å². The lowest BCUT2D eigenvalue weighted by Gasteiger charge is -2.27. The van der Waals surface area contributed by atoms with Crippen LogP contribution in [0, 0.1) is 0 Å². The summed E-state index contributed by atoms with van der Waals surface area (Å²) in [6, 6.07) is 8.13. The number of thiazole rings is 1. The molecule has 138 valence electrons. The first-order valence-corrected chi connectivity index (χ1v) is 10.0. The highest BCUT2D eigenvalue weighted by molar-refractivity contribution is 7.18. The number of para-hydroxylation sites is 1. The molecule has 0 radical (unpaired) electrons. The fourth-order valence-corrected chi connectivity index (χ4v) is 4.80. The molecule has 1 aromatic heterocycles. The number of hydrogen-bond donors (Lipinski definition) is 0. The average Bonchev–Trinajstić information content (AvgIpc) is 3.32. The Labute approximate surface area is 156 Å². The standard InChI is InChI=1S/C19H23N3O3S/c23-17(21-10-12-25-13-11-21)7-8-18(24)22-9-3-5-15(22)19-20-14-4-1-2-6-16(14)26-19/h1-2,4,6,15H,3,5,7-13H2/t15-/m0/s1. The quantitative estimate of drug-likeness (QED) is 0.826. The Morgan fingerprint density at radius 3 is 2.69 bits per heavy atom. The number of carbonyl (C=O) groups is 2. The highest BCUT2D eigenvalue weighted by Gasteiger charge is 2.32. The lowest BCUT2D eigenvalue weighted by atomic mass is 10.2. The summed E-state index contributed by atoms with van der Waals surface area (Å²) in [5.41, 5.74) is 0.995. The average molecular weight is 373 g/mol. The Balaban J connectivity index is 1.39. The summed E-state index contributed by atoms with van der Waals surface area (Å²) >= 11 is 1.67. The van der Waals surface area contributed by atoms with Crippen LogP contribution in [-0.4, -0.2) is 59.4 Å². The van der Waals surface area contributed by atoms with Crippen molar-refractivity contribution < 1.29 is 14.3 Å². The Morgan fingerprint density at radius 2 is 1.88 bits per heavy atom. The van der Waals surface area contributed by atoms with Crippen LogP contribution in [0.3, 0.4) is 0 Å². The number of morpholine rings is 1. The molecule has 7 heteroatoms. The molecule has 2 fully saturated rings. The van der Waals surface area contributed by atoms with Gasteiger partial charge in [0, 0.05) is 32.5 Å². The molecule has 6 nitrogen and oxygen atoms in total. The first-order valence-electron chi connectivity index (χ1n) is 9.23. The van der Waals surface area contributed by atoms with Crippen LogP contribution in [0.15, 0.2) is 24.3 Å². The molecule has 0 spiro atoms. The summed E-state index contributed by atoms with van der Waals surface area (Å²) in [5, 5.41) is 1.01. The molecular weight excluding hydrogens is 350 g/mol. The summed E-state index contributed by atoms with van der Waals surface area (Å²) < 4.78 is 6.43. The molecular formula is C19H23N3O3S. The predicted octanol–water partition coefficient (Wildman–Crippen LogP) is 2.60. The van der Waals surface area contributed by atoms with Crippen LogP contribution < -0.4 is 0 Å². The maximum absolute atomic E-state index is 12.7. The minimum Gasteiger partial charge on any atom is -0.378 e. The normalized spacial score (nSPS) is 20.7. The monoisotopic (exact) mass is 373 g/mol. The number of hydrogen-bond acceptors (Lipinski definition) is 5. The highest BCUT2D eigenvalue weighted by Crippen LogP contribution is 2.36. The smallest absolute Gasteiger partial charge is 0.223 e. The van der Waals surface area contributed by atoms with Gasteiger partial charge < -0.3 is 14.5 Å². The van der Waals surface area contributed by atoms with Crippen molar-refractivity contribution in [2.75, 3.05) is 32.8 Å². The number of amides is 2. The van der Waals surface area contributed by atoms with Gasteiger partial charge in [-0.1, -0.05) is 12.1 Å². The van der Waals surface area contributed by atoms with Gasteiger partial charge in [-0.15, -0.1) is 11.3 Å². The number of nitrogens with zero attached hydrogens (tertiary/aromatic N) is 3. The molecule has 4 rings (SSSR count). The molecule has 2 aliphatic rings. The molecule has 3 heterocycles. The lowest BCUT2D eigenvalue weighted by Crippen LogP contribution is -2.41. The van der Waals surface area contributed by atoms with E-state index in [0.29, 0.717) is 26.3 Å². The third kappa shape index (κ3) is 3.59. The second kappa shape index (κ2) is 7.72. The van der Waals surface area contributed by atoms with Crippen molar-refractivity contribution in [3.63, 3.8) is 0 Å². The van der Waals surface area contributed by atoms with Crippen molar-refractivity contribution in [3.8, 4) is 0 Å². The van der Waals surface area contributed by atoms with Crippen LogP contribution in [0.5, 0.6) is 0 Å². The van der Waals surface area contributed by atoms with E-state index in [1.165, 1.54) is 0 Å². The molecule has 2 aliphatic heterocycles. The van der Waals surface area contributed by atoms with Crippen LogP contribution in [-0.2, 0) is 14.3 Å². The van der Waals surface area contributed by atoms with E-state index in [-0.39, 0.29) is 30.7 Å². The van der Waals surface area contributed by atoms with E-state index in [1.54, 1.807) is 16.2 Å². The van der Waals surface area contributed by atoms with Crippen molar-refractivity contribution in [3.05, 3.63) is 29.3 Å². The van der Waals surface area contributed by atoms with Crippen LogP contribution in [0.2, 0.25) is 0 Å². The molecule has 0 bridgehead atoms. The number of likely N-dealkylation sites (tertiary alicyclic amines) is 1. The maximum Gasteiger partial charge on any atom is 0.223 e. The molecule has 26 heavy (non-hydrogen) atoms. The molecule has 1 aromatic carbocycles. The Morgan fingerprint density at radius 1 is 1.12 bits per heavy atom. The van der Waals surface area contributed by atoms with Crippen molar-refractivity contribution in [1.29, 1.82) is 0 Å². The van der Waals surface area contributed by atoms with E-state index >= 15 is 0 Å². The number of fused-ring (bicyclic) bond motifs is 1. The van der Waals surface area contributed by atoms with Gasteiger partial charge in [-0.25, -0.2) is 4.98 Å². The SMILES string of the molecule is O=C(CCC(=O)N1CCC[C@H]1c1nc2ccccc2s1)N1CCOCC1. The summed E-state index contributed by atoms with van der Waals surface area (Å²) in [4.78, 5) is 33.5. The number of benzene rings is 1. The Hall–Kier alpha value is -1.99. The molecule has 2 amide bonds. The van der Waals surface area contributed by atoms with Crippen molar-refractivity contribution >= 4 is 33.4 Å². The fourth-order valence-electron chi connectivity index (χ4n) is 3.68. The van der Waals surface area contributed by atoms with Gasteiger partial charge in [0.05, 0.1) is 29.5 Å². The van der Waals surface area contributed by atoms with Crippen molar-refractivity contribution in [1.82, 2.24) is 14.8 Å². The van der Waals surface area contributed by atoms with Gasteiger partial charge in [0.1, 0.15) is 5.01 Å². The minimum atomic E-state index is 0.0531. The van der Waals surface area contributed by atoms with Crippen molar-refractivity contribution in [2.45, 2.75) is 31.7 Å². The van der Waals surface area contributed by atoms with Crippen LogP contribution in [0.4, 0.5) is 0 Å².